The fourth-order valence-corrected chi connectivity index (χ4v) is 1.92. The molecule has 0 aliphatic carbocycles. The van der Waals surface area contributed by atoms with Crippen LogP contribution in [-0.4, -0.2) is 27.4 Å². The SMILES string of the molecule is CCc1nccn1CC(O)COc1ccc(C#N)cc1. The Balaban J connectivity index is 1.85. The van der Waals surface area contributed by atoms with E-state index in [0.717, 1.165) is 12.2 Å². The first-order valence-corrected chi connectivity index (χ1v) is 6.54. The van der Waals surface area contributed by atoms with E-state index in [4.69, 9.17) is 10.00 Å². The Bertz CT molecular complexity index is 584. The van der Waals surface area contributed by atoms with Crippen molar-refractivity contribution in [3.8, 4) is 11.8 Å². The third-order valence-corrected chi connectivity index (χ3v) is 2.95. The number of hydrogen-bond donors (Lipinski definition) is 1. The smallest absolute Gasteiger partial charge is 0.119 e. The van der Waals surface area contributed by atoms with Crippen molar-refractivity contribution >= 4 is 0 Å². The normalized spacial score (nSPS) is 11.8. The van der Waals surface area contributed by atoms with Crippen LogP contribution < -0.4 is 4.74 Å². The van der Waals surface area contributed by atoms with Gasteiger partial charge in [0.05, 0.1) is 18.2 Å². The maximum atomic E-state index is 9.98. The van der Waals surface area contributed by atoms with Gasteiger partial charge in [0.25, 0.3) is 0 Å². The topological polar surface area (TPSA) is 71.1 Å². The Kier molecular flexibility index (Phi) is 4.75. The second-order valence-electron chi connectivity index (χ2n) is 4.45. The van der Waals surface area contributed by atoms with Gasteiger partial charge in [-0.1, -0.05) is 6.92 Å². The Labute approximate surface area is 118 Å². The average molecular weight is 271 g/mol. The first-order valence-electron chi connectivity index (χ1n) is 6.54. The molecule has 0 radical (unpaired) electrons. The van der Waals surface area contributed by atoms with Gasteiger partial charge in [-0.15, -0.1) is 0 Å². The summed E-state index contributed by atoms with van der Waals surface area (Å²) in [7, 11) is 0. The van der Waals surface area contributed by atoms with Crippen LogP contribution in [0, 0.1) is 11.3 Å². The Morgan fingerprint density at radius 1 is 1.40 bits per heavy atom. The van der Waals surface area contributed by atoms with Crippen molar-refractivity contribution < 1.29 is 9.84 Å². The number of nitrogens with zero attached hydrogens (tertiary/aromatic N) is 3. The molecule has 0 spiro atoms. The van der Waals surface area contributed by atoms with Crippen molar-refractivity contribution in [2.45, 2.75) is 26.0 Å². The largest absolute Gasteiger partial charge is 0.491 e. The third kappa shape index (κ3) is 3.59. The van der Waals surface area contributed by atoms with Crippen LogP contribution in [0.2, 0.25) is 0 Å². The molecule has 0 aliphatic heterocycles. The van der Waals surface area contributed by atoms with Crippen LogP contribution in [0.1, 0.15) is 18.3 Å². The van der Waals surface area contributed by atoms with Crippen molar-refractivity contribution in [1.82, 2.24) is 9.55 Å². The quantitative estimate of drug-likeness (QED) is 0.869. The summed E-state index contributed by atoms with van der Waals surface area (Å²) in [6.07, 6.45) is 3.80. The molecule has 0 aliphatic rings. The maximum Gasteiger partial charge on any atom is 0.119 e. The first-order chi connectivity index (χ1) is 9.72. The number of aryl methyl sites for hydroxylation is 1. The number of nitriles is 1. The van der Waals surface area contributed by atoms with Crippen LogP contribution >= 0.6 is 0 Å². The molecule has 1 aromatic carbocycles. The molecule has 0 fully saturated rings. The maximum absolute atomic E-state index is 9.98. The molecule has 1 atom stereocenters. The van der Waals surface area contributed by atoms with Gasteiger partial charge in [0, 0.05) is 18.8 Å². The molecule has 20 heavy (non-hydrogen) atoms. The van der Waals surface area contributed by atoms with Gasteiger partial charge >= 0.3 is 0 Å². The van der Waals surface area contributed by atoms with E-state index in [-0.39, 0.29) is 6.61 Å². The van der Waals surface area contributed by atoms with Crippen LogP contribution in [0.4, 0.5) is 0 Å². The van der Waals surface area contributed by atoms with E-state index in [1.807, 2.05) is 23.8 Å². The predicted molar refractivity (Wildman–Crippen MR) is 74.3 cm³/mol. The number of aromatic nitrogens is 2. The zero-order valence-electron chi connectivity index (χ0n) is 11.4. The highest BCUT2D eigenvalue weighted by molar-refractivity contribution is 5.34. The molecular weight excluding hydrogens is 254 g/mol. The van der Waals surface area contributed by atoms with Crippen molar-refractivity contribution in [2.75, 3.05) is 6.61 Å². The molecule has 0 saturated carbocycles. The summed E-state index contributed by atoms with van der Waals surface area (Å²) in [4.78, 5) is 4.21. The predicted octanol–water partition coefficient (Wildman–Crippen LogP) is 1.76. The van der Waals surface area contributed by atoms with Crippen LogP contribution in [-0.2, 0) is 13.0 Å². The number of hydrogen-bond acceptors (Lipinski definition) is 4. The summed E-state index contributed by atoms with van der Waals surface area (Å²) in [5.74, 6) is 1.59. The van der Waals surface area contributed by atoms with Crippen LogP contribution in [0.15, 0.2) is 36.7 Å². The molecule has 0 amide bonds. The molecule has 5 nitrogen and oxygen atoms in total. The Morgan fingerprint density at radius 2 is 2.15 bits per heavy atom. The van der Waals surface area contributed by atoms with Gasteiger partial charge in [-0.3, -0.25) is 0 Å². The molecule has 104 valence electrons. The van der Waals surface area contributed by atoms with Crippen molar-refractivity contribution in [2.24, 2.45) is 0 Å². The van der Waals surface area contributed by atoms with Gasteiger partial charge in [0.1, 0.15) is 24.3 Å². The minimum atomic E-state index is -0.606. The van der Waals surface area contributed by atoms with E-state index in [1.165, 1.54) is 0 Å². The fraction of sp³-hybridized carbons (Fsp3) is 0.333. The lowest BCUT2D eigenvalue weighted by Gasteiger charge is -2.14. The number of benzene rings is 1. The molecule has 2 aromatic rings. The first kappa shape index (κ1) is 14.1. The van der Waals surface area contributed by atoms with Crippen LogP contribution in [0.25, 0.3) is 0 Å². The van der Waals surface area contributed by atoms with Gasteiger partial charge in [-0.25, -0.2) is 4.98 Å². The molecule has 0 bridgehead atoms. The van der Waals surface area contributed by atoms with Crippen LogP contribution in [0.5, 0.6) is 5.75 Å². The number of rotatable bonds is 6. The Morgan fingerprint density at radius 3 is 2.80 bits per heavy atom. The fourth-order valence-electron chi connectivity index (χ4n) is 1.92. The lowest BCUT2D eigenvalue weighted by molar-refractivity contribution is 0.0918. The van der Waals surface area contributed by atoms with Gasteiger partial charge in [0.15, 0.2) is 0 Å². The second-order valence-corrected chi connectivity index (χ2v) is 4.45. The summed E-state index contributed by atoms with van der Waals surface area (Å²) in [5, 5.41) is 18.7. The van der Waals surface area contributed by atoms with E-state index in [0.29, 0.717) is 17.9 Å². The molecule has 1 N–H and O–H groups in total. The zero-order valence-corrected chi connectivity index (χ0v) is 11.4. The lowest BCUT2D eigenvalue weighted by atomic mass is 10.2. The Hall–Kier alpha value is -2.32. The molecule has 5 heteroatoms. The lowest BCUT2D eigenvalue weighted by Crippen LogP contribution is -2.24. The van der Waals surface area contributed by atoms with Crippen LogP contribution in [0.3, 0.4) is 0 Å². The molecular formula is C15H17N3O2. The number of aliphatic hydroxyl groups excluding tert-OH is 1. The second kappa shape index (κ2) is 6.73. The van der Waals surface area contributed by atoms with Crippen molar-refractivity contribution in [3.05, 3.63) is 48.0 Å². The summed E-state index contributed by atoms with van der Waals surface area (Å²) in [6.45, 7) is 2.69. The highest BCUT2D eigenvalue weighted by Gasteiger charge is 2.09. The van der Waals surface area contributed by atoms with Gasteiger partial charge in [-0.2, -0.15) is 5.26 Å². The molecule has 1 heterocycles. The van der Waals surface area contributed by atoms with Gasteiger partial charge in [-0.05, 0) is 24.3 Å². The zero-order chi connectivity index (χ0) is 14.4. The van der Waals surface area contributed by atoms with E-state index in [2.05, 4.69) is 4.98 Å². The molecule has 1 aromatic heterocycles. The molecule has 1 unspecified atom stereocenters. The summed E-state index contributed by atoms with van der Waals surface area (Å²) in [5.41, 5.74) is 0.587. The third-order valence-electron chi connectivity index (χ3n) is 2.95. The number of imidazole rings is 1. The van der Waals surface area contributed by atoms with E-state index in [9.17, 15) is 5.11 Å². The molecule has 2 rings (SSSR count). The average Bonchev–Trinajstić information content (AvgIpc) is 2.92. The monoisotopic (exact) mass is 271 g/mol. The van der Waals surface area contributed by atoms with Crippen molar-refractivity contribution in [1.29, 1.82) is 5.26 Å². The minimum Gasteiger partial charge on any atom is -0.491 e. The van der Waals surface area contributed by atoms with E-state index in [1.54, 1.807) is 30.5 Å². The van der Waals surface area contributed by atoms with E-state index >= 15 is 0 Å². The standard InChI is InChI=1S/C15H17N3O2/c1-2-15-17-7-8-18(15)10-13(19)11-20-14-5-3-12(9-16)4-6-14/h3-8,13,19H,2,10-11H2,1H3. The van der Waals surface area contributed by atoms with E-state index < -0.39 is 6.10 Å². The highest BCUT2D eigenvalue weighted by atomic mass is 16.5. The highest BCUT2D eigenvalue weighted by Crippen LogP contribution is 2.12. The number of aliphatic hydroxyl groups is 1. The van der Waals surface area contributed by atoms with Crippen molar-refractivity contribution in [3.63, 3.8) is 0 Å². The summed E-state index contributed by atoms with van der Waals surface area (Å²) >= 11 is 0. The summed E-state index contributed by atoms with van der Waals surface area (Å²) in [6, 6.07) is 8.87. The molecule has 0 saturated heterocycles. The summed E-state index contributed by atoms with van der Waals surface area (Å²) < 4.78 is 7.42. The minimum absolute atomic E-state index is 0.202. The van der Waals surface area contributed by atoms with Gasteiger partial charge in [0.2, 0.25) is 0 Å². The van der Waals surface area contributed by atoms with Gasteiger partial charge < -0.3 is 14.4 Å². The number of ether oxygens (including phenoxy) is 1.